The van der Waals surface area contributed by atoms with Crippen LogP contribution in [-0.2, 0) is 23.9 Å². The first-order valence-corrected chi connectivity index (χ1v) is 13.9. The number of amides is 2. The highest BCUT2D eigenvalue weighted by Gasteiger charge is 2.26. The molecule has 1 unspecified atom stereocenters. The maximum Gasteiger partial charge on any atom is 0.330 e. The molecule has 1 N–H and O–H groups in total. The van der Waals surface area contributed by atoms with Crippen LogP contribution in [0.2, 0.25) is 0 Å². The Bertz CT molecular complexity index is 912. The molecular weight excluding hydrogens is 492 g/mol. The minimum absolute atomic E-state index is 0.0717. The number of carbonyl (C=O) groups is 3. The fourth-order valence-electron chi connectivity index (χ4n) is 3.59. The van der Waals surface area contributed by atoms with Gasteiger partial charge in [-0.2, -0.15) is 0 Å². The maximum absolute atomic E-state index is 12.4. The van der Waals surface area contributed by atoms with Crippen LogP contribution in [-0.4, -0.2) is 62.1 Å². The van der Waals surface area contributed by atoms with Crippen LogP contribution in [0.3, 0.4) is 0 Å². The summed E-state index contributed by atoms with van der Waals surface area (Å²) in [5, 5.41) is 2.88. The van der Waals surface area contributed by atoms with E-state index in [1.54, 1.807) is 4.90 Å². The van der Waals surface area contributed by atoms with Gasteiger partial charge in [-0.15, -0.1) is 0 Å². The summed E-state index contributed by atoms with van der Waals surface area (Å²) in [7, 11) is 1.25. The van der Waals surface area contributed by atoms with Crippen molar-refractivity contribution in [2.45, 2.75) is 64.3 Å². The van der Waals surface area contributed by atoms with Crippen LogP contribution in [0.25, 0.3) is 0 Å². The molecule has 1 saturated heterocycles. The lowest BCUT2D eigenvalue weighted by atomic mass is 10.2. The third-order valence-electron chi connectivity index (χ3n) is 5.74. The Kier molecular flexibility index (Phi) is 20.4. The maximum atomic E-state index is 12.4. The molecule has 7 heteroatoms. The fraction of sp³-hybridized carbons (Fsp3) is 0.469. The number of rotatable bonds is 18. The predicted octanol–water partition coefficient (Wildman–Crippen LogP) is 5.54. The number of nitrogens with one attached hydrogen (secondary N) is 1. The van der Waals surface area contributed by atoms with E-state index in [1.807, 2.05) is 6.08 Å². The Balaban J connectivity index is 2.14. The van der Waals surface area contributed by atoms with Gasteiger partial charge in [-0.25, -0.2) is 4.79 Å². The molecule has 1 atom stereocenters. The summed E-state index contributed by atoms with van der Waals surface area (Å²) in [6, 6.07) is -0.275. The number of hydrogen-bond acceptors (Lipinski definition) is 5. The molecule has 39 heavy (non-hydrogen) atoms. The molecule has 1 rings (SSSR count). The third-order valence-corrected chi connectivity index (χ3v) is 5.74. The number of allylic oxidation sites excluding steroid dienone is 12. The summed E-state index contributed by atoms with van der Waals surface area (Å²) in [5.74, 6) is -0.964. The van der Waals surface area contributed by atoms with Crippen molar-refractivity contribution in [3.05, 3.63) is 85.1 Å². The largest absolute Gasteiger partial charge is 0.466 e. The van der Waals surface area contributed by atoms with Crippen molar-refractivity contribution in [3.63, 3.8) is 0 Å². The average molecular weight is 539 g/mol. The zero-order valence-corrected chi connectivity index (χ0v) is 23.6. The van der Waals surface area contributed by atoms with Crippen molar-refractivity contribution in [3.8, 4) is 0 Å². The minimum Gasteiger partial charge on any atom is -0.466 e. The molecule has 214 valence electrons. The predicted molar refractivity (Wildman–Crippen MR) is 158 cm³/mol. The highest BCUT2D eigenvalue weighted by atomic mass is 16.5. The van der Waals surface area contributed by atoms with E-state index in [0.717, 1.165) is 44.6 Å². The zero-order valence-electron chi connectivity index (χ0n) is 23.6. The first-order chi connectivity index (χ1) is 19.1. The smallest absolute Gasteiger partial charge is 0.330 e. The van der Waals surface area contributed by atoms with E-state index in [9.17, 15) is 14.4 Å². The van der Waals surface area contributed by atoms with Gasteiger partial charge in [-0.05, 0) is 44.9 Å². The van der Waals surface area contributed by atoms with E-state index < -0.39 is 5.97 Å². The van der Waals surface area contributed by atoms with Gasteiger partial charge >= 0.3 is 5.97 Å². The summed E-state index contributed by atoms with van der Waals surface area (Å²) >= 11 is 0. The van der Waals surface area contributed by atoms with Crippen LogP contribution in [0.1, 0.15) is 58.3 Å². The second-order valence-electron chi connectivity index (χ2n) is 8.87. The molecule has 0 bridgehead atoms. The Morgan fingerprint density at radius 3 is 1.90 bits per heavy atom. The molecule has 1 heterocycles. The molecule has 0 aromatic carbocycles. The van der Waals surface area contributed by atoms with E-state index in [0.29, 0.717) is 39.1 Å². The van der Waals surface area contributed by atoms with Gasteiger partial charge in [0.05, 0.1) is 26.4 Å². The number of esters is 1. The van der Waals surface area contributed by atoms with Crippen LogP contribution in [0, 0.1) is 0 Å². The van der Waals surface area contributed by atoms with Gasteiger partial charge in [0.1, 0.15) is 0 Å². The van der Waals surface area contributed by atoms with Gasteiger partial charge < -0.3 is 19.7 Å². The molecule has 0 aromatic heterocycles. The molecule has 7 nitrogen and oxygen atoms in total. The van der Waals surface area contributed by atoms with Gasteiger partial charge in [-0.1, -0.05) is 79.8 Å². The Morgan fingerprint density at radius 2 is 1.36 bits per heavy atom. The van der Waals surface area contributed by atoms with Gasteiger partial charge in [0.15, 0.2) is 0 Å². The number of nitrogens with zero attached hydrogens (tertiary/aromatic N) is 1. The molecule has 1 fully saturated rings. The summed E-state index contributed by atoms with van der Waals surface area (Å²) in [5.41, 5.74) is 0. The van der Waals surface area contributed by atoms with Crippen LogP contribution in [0.15, 0.2) is 85.1 Å². The second kappa shape index (κ2) is 23.7. The molecule has 0 aromatic rings. The van der Waals surface area contributed by atoms with Gasteiger partial charge in [0.25, 0.3) is 0 Å². The molecule has 0 radical (unpaired) electrons. The average Bonchev–Trinajstić information content (AvgIpc) is 2.95. The SMILES string of the molecule is CC/C=C\C/C=C\C/C=C\C/C=C\C/C=C\C/C=C\CCC(=O)NCC1COCCN1C(=O)/C=C/C(=O)OC. The molecule has 1 aliphatic heterocycles. The van der Waals surface area contributed by atoms with E-state index in [1.165, 1.54) is 13.2 Å². The number of carbonyl (C=O) groups excluding carboxylic acids is 3. The summed E-state index contributed by atoms with van der Waals surface area (Å²) in [4.78, 5) is 37.4. The molecular formula is C32H46N2O5. The first-order valence-electron chi connectivity index (χ1n) is 13.9. The minimum atomic E-state index is -0.587. The topological polar surface area (TPSA) is 84.9 Å². The van der Waals surface area contributed by atoms with Crippen molar-refractivity contribution in [2.24, 2.45) is 0 Å². The van der Waals surface area contributed by atoms with Crippen LogP contribution >= 0.6 is 0 Å². The number of ether oxygens (including phenoxy) is 2. The first kappa shape index (κ1) is 33.6. The summed E-state index contributed by atoms with van der Waals surface area (Å²) in [6.07, 6.45) is 35.0. The van der Waals surface area contributed by atoms with Crippen molar-refractivity contribution >= 4 is 17.8 Å². The highest BCUT2D eigenvalue weighted by molar-refractivity contribution is 5.94. The lowest BCUT2D eigenvalue weighted by molar-refractivity contribution is -0.137. The van der Waals surface area contributed by atoms with Crippen molar-refractivity contribution in [2.75, 3.05) is 33.4 Å². The van der Waals surface area contributed by atoms with E-state index in [-0.39, 0.29) is 17.9 Å². The Morgan fingerprint density at radius 1 is 0.821 bits per heavy atom. The lowest BCUT2D eigenvalue weighted by Gasteiger charge is -2.35. The normalized spacial score (nSPS) is 16.8. The molecule has 0 spiro atoms. The van der Waals surface area contributed by atoms with E-state index >= 15 is 0 Å². The number of morpholine rings is 1. The fourth-order valence-corrected chi connectivity index (χ4v) is 3.59. The Hall–Kier alpha value is -3.45. The second-order valence-corrected chi connectivity index (χ2v) is 8.87. The summed E-state index contributed by atoms with van der Waals surface area (Å²) in [6.45, 7) is 3.62. The van der Waals surface area contributed by atoms with Gasteiger partial charge in [0, 0.05) is 31.7 Å². The lowest BCUT2D eigenvalue weighted by Crippen LogP contribution is -2.53. The standard InChI is InChI=1S/C32H46N2O5/c1-3-4-5-6-7-8-9-10-11-12-13-14-15-16-17-18-19-20-21-22-30(35)33-27-29-28-39-26-25-34(29)31(36)23-24-32(37)38-2/h4-5,7-8,10-11,13-14,16-17,19-20,23-24,29H,3,6,9,12,15,18,21-22,25-28H2,1-2H3,(H,33,35)/b5-4-,8-7-,11-10-,14-13-,17-16-,20-19-,24-23+. The van der Waals surface area contributed by atoms with Crippen LogP contribution < -0.4 is 5.32 Å². The van der Waals surface area contributed by atoms with Crippen molar-refractivity contribution in [1.82, 2.24) is 10.2 Å². The molecule has 0 saturated carbocycles. The van der Waals surface area contributed by atoms with Gasteiger partial charge in [0.2, 0.25) is 11.8 Å². The zero-order chi connectivity index (χ0) is 28.4. The third kappa shape index (κ3) is 18.4. The number of hydrogen-bond donors (Lipinski definition) is 1. The van der Waals surface area contributed by atoms with Gasteiger partial charge in [-0.3, -0.25) is 9.59 Å². The monoisotopic (exact) mass is 538 g/mol. The highest BCUT2D eigenvalue weighted by Crippen LogP contribution is 2.08. The van der Waals surface area contributed by atoms with E-state index in [4.69, 9.17) is 4.74 Å². The molecule has 2 amide bonds. The van der Waals surface area contributed by atoms with Crippen molar-refractivity contribution < 1.29 is 23.9 Å². The quantitative estimate of drug-likeness (QED) is 0.141. The van der Waals surface area contributed by atoms with Crippen molar-refractivity contribution in [1.29, 1.82) is 0 Å². The van der Waals surface area contributed by atoms with Crippen LogP contribution in [0.4, 0.5) is 0 Å². The molecule has 1 aliphatic rings. The summed E-state index contributed by atoms with van der Waals surface area (Å²) < 4.78 is 9.97. The molecule has 0 aliphatic carbocycles. The van der Waals surface area contributed by atoms with E-state index in [2.05, 4.69) is 83.8 Å². The van der Waals surface area contributed by atoms with Crippen LogP contribution in [0.5, 0.6) is 0 Å². The number of methoxy groups -OCH3 is 1. The Labute approximate surface area is 234 Å².